The number of carboxylic acid groups (broad SMARTS) is 1. The summed E-state index contributed by atoms with van der Waals surface area (Å²) in [4.78, 5) is 12.7. The molecule has 5 nitrogen and oxygen atoms in total. The van der Waals surface area contributed by atoms with Crippen LogP contribution in [0.4, 0.5) is 0 Å². The predicted octanol–water partition coefficient (Wildman–Crippen LogP) is 1.60. The molecule has 0 amide bonds. The van der Waals surface area contributed by atoms with Crippen molar-refractivity contribution in [2.75, 3.05) is 13.6 Å². The maximum Gasteiger partial charge on any atom is 0.358 e. The molecular weight excluding hydrogens is 208 g/mol. The molecule has 1 aliphatic rings. The summed E-state index contributed by atoms with van der Waals surface area (Å²) in [6, 6.07) is 1.49. The minimum Gasteiger partial charge on any atom is -0.476 e. The van der Waals surface area contributed by atoms with E-state index in [-0.39, 0.29) is 5.69 Å². The molecule has 88 valence electrons. The van der Waals surface area contributed by atoms with E-state index in [4.69, 9.17) is 9.63 Å². The Morgan fingerprint density at radius 1 is 1.69 bits per heavy atom. The molecule has 0 aromatic carbocycles. The maximum absolute atomic E-state index is 10.6. The Morgan fingerprint density at radius 2 is 2.44 bits per heavy atom. The van der Waals surface area contributed by atoms with Crippen LogP contribution in [0.2, 0.25) is 0 Å². The monoisotopic (exact) mass is 224 g/mol. The topological polar surface area (TPSA) is 66.6 Å². The number of carboxylic acids is 1. The molecule has 1 saturated carbocycles. The highest BCUT2D eigenvalue weighted by atomic mass is 16.5. The number of rotatable bonds is 5. The van der Waals surface area contributed by atoms with Crippen LogP contribution in [0.3, 0.4) is 0 Å². The standard InChI is InChI=1S/C11H16N2O3/c1-13(6-8-3-2-4-8)7-9-5-10(11(14)15)12-16-9/h5,8H,2-4,6-7H2,1H3,(H,14,15). The van der Waals surface area contributed by atoms with Gasteiger partial charge in [-0.1, -0.05) is 11.6 Å². The van der Waals surface area contributed by atoms with E-state index >= 15 is 0 Å². The van der Waals surface area contributed by atoms with Crippen molar-refractivity contribution in [2.45, 2.75) is 25.8 Å². The van der Waals surface area contributed by atoms with Crippen LogP contribution < -0.4 is 0 Å². The van der Waals surface area contributed by atoms with Gasteiger partial charge >= 0.3 is 5.97 Å². The number of nitrogens with zero attached hydrogens (tertiary/aromatic N) is 2. The highest BCUT2D eigenvalue weighted by Crippen LogP contribution is 2.27. The van der Waals surface area contributed by atoms with Crippen LogP contribution in [0.1, 0.15) is 35.5 Å². The van der Waals surface area contributed by atoms with E-state index in [1.165, 1.54) is 25.3 Å². The average Bonchev–Trinajstić information content (AvgIpc) is 2.60. The van der Waals surface area contributed by atoms with Gasteiger partial charge in [-0.15, -0.1) is 0 Å². The Kier molecular flexibility index (Phi) is 3.24. The van der Waals surface area contributed by atoms with E-state index in [2.05, 4.69) is 10.1 Å². The number of hydrogen-bond acceptors (Lipinski definition) is 4. The lowest BCUT2D eigenvalue weighted by molar-refractivity contribution is 0.0685. The summed E-state index contributed by atoms with van der Waals surface area (Å²) in [5, 5.41) is 12.2. The molecule has 1 heterocycles. The lowest BCUT2D eigenvalue weighted by Gasteiger charge is -2.29. The Labute approximate surface area is 94.0 Å². The van der Waals surface area contributed by atoms with Gasteiger partial charge in [-0.05, 0) is 25.8 Å². The third kappa shape index (κ3) is 2.61. The largest absolute Gasteiger partial charge is 0.476 e. The van der Waals surface area contributed by atoms with E-state index < -0.39 is 5.97 Å². The van der Waals surface area contributed by atoms with Crippen LogP contribution in [-0.2, 0) is 6.54 Å². The highest BCUT2D eigenvalue weighted by Gasteiger charge is 2.20. The Bertz CT molecular complexity index is 371. The van der Waals surface area contributed by atoms with E-state index in [0.717, 1.165) is 12.5 Å². The molecule has 1 N–H and O–H groups in total. The molecule has 16 heavy (non-hydrogen) atoms. The third-order valence-corrected chi connectivity index (χ3v) is 3.00. The molecule has 0 spiro atoms. The molecule has 0 saturated heterocycles. The van der Waals surface area contributed by atoms with Crippen molar-refractivity contribution in [3.8, 4) is 0 Å². The molecule has 1 aromatic heterocycles. The van der Waals surface area contributed by atoms with Gasteiger partial charge in [0.05, 0.1) is 6.54 Å². The molecule has 0 unspecified atom stereocenters. The summed E-state index contributed by atoms with van der Waals surface area (Å²) in [6.07, 6.45) is 3.95. The molecular formula is C11H16N2O3. The Hall–Kier alpha value is -1.36. The fourth-order valence-electron chi connectivity index (χ4n) is 1.94. The van der Waals surface area contributed by atoms with Gasteiger partial charge in [-0.2, -0.15) is 0 Å². The fourth-order valence-corrected chi connectivity index (χ4v) is 1.94. The quantitative estimate of drug-likeness (QED) is 0.822. The van der Waals surface area contributed by atoms with Crippen molar-refractivity contribution in [2.24, 2.45) is 5.92 Å². The summed E-state index contributed by atoms with van der Waals surface area (Å²) in [6.45, 7) is 1.67. The van der Waals surface area contributed by atoms with E-state index in [1.807, 2.05) is 7.05 Å². The lowest BCUT2D eigenvalue weighted by Crippen LogP contribution is -2.28. The molecule has 0 radical (unpaired) electrons. The van der Waals surface area contributed by atoms with Crippen LogP contribution in [0.5, 0.6) is 0 Å². The molecule has 2 rings (SSSR count). The Morgan fingerprint density at radius 3 is 2.94 bits per heavy atom. The molecule has 0 atom stereocenters. The van der Waals surface area contributed by atoms with Crippen LogP contribution in [0, 0.1) is 5.92 Å². The molecule has 1 fully saturated rings. The first-order chi connectivity index (χ1) is 7.65. The second-order valence-corrected chi connectivity index (χ2v) is 4.48. The smallest absolute Gasteiger partial charge is 0.358 e. The van der Waals surface area contributed by atoms with Gasteiger partial charge in [0, 0.05) is 12.6 Å². The van der Waals surface area contributed by atoms with Crippen LogP contribution >= 0.6 is 0 Å². The van der Waals surface area contributed by atoms with E-state index in [9.17, 15) is 4.79 Å². The lowest BCUT2D eigenvalue weighted by atomic mass is 9.85. The van der Waals surface area contributed by atoms with Gasteiger partial charge in [0.15, 0.2) is 11.5 Å². The molecule has 0 aliphatic heterocycles. The van der Waals surface area contributed by atoms with Crippen molar-refractivity contribution < 1.29 is 14.4 Å². The summed E-state index contributed by atoms with van der Waals surface area (Å²) in [5.41, 5.74) is -0.0213. The van der Waals surface area contributed by atoms with Gasteiger partial charge < -0.3 is 9.63 Å². The molecule has 5 heteroatoms. The molecule has 0 bridgehead atoms. The second-order valence-electron chi connectivity index (χ2n) is 4.48. The SMILES string of the molecule is CN(Cc1cc(C(=O)O)no1)CC1CCC1. The zero-order valence-corrected chi connectivity index (χ0v) is 9.35. The van der Waals surface area contributed by atoms with Crippen molar-refractivity contribution >= 4 is 5.97 Å². The summed E-state index contributed by atoms with van der Waals surface area (Å²) < 4.78 is 4.96. The van der Waals surface area contributed by atoms with Gasteiger partial charge in [-0.25, -0.2) is 4.79 Å². The van der Waals surface area contributed by atoms with Crippen molar-refractivity contribution in [1.29, 1.82) is 0 Å². The minimum absolute atomic E-state index is 0.0213. The van der Waals surface area contributed by atoms with Crippen LogP contribution in [0.25, 0.3) is 0 Å². The summed E-state index contributed by atoms with van der Waals surface area (Å²) in [5.74, 6) is 0.364. The first kappa shape index (κ1) is 11.1. The maximum atomic E-state index is 10.6. The van der Waals surface area contributed by atoms with Gasteiger partial charge in [0.2, 0.25) is 0 Å². The predicted molar refractivity (Wildman–Crippen MR) is 57.1 cm³/mol. The van der Waals surface area contributed by atoms with Gasteiger partial charge in [0.1, 0.15) is 0 Å². The second kappa shape index (κ2) is 4.65. The summed E-state index contributed by atoms with van der Waals surface area (Å²) >= 11 is 0. The van der Waals surface area contributed by atoms with Crippen LogP contribution in [0.15, 0.2) is 10.6 Å². The highest BCUT2D eigenvalue weighted by molar-refractivity contribution is 5.85. The van der Waals surface area contributed by atoms with Gasteiger partial charge in [0.25, 0.3) is 0 Å². The zero-order chi connectivity index (χ0) is 11.5. The first-order valence-electron chi connectivity index (χ1n) is 5.52. The van der Waals surface area contributed by atoms with Crippen molar-refractivity contribution in [1.82, 2.24) is 10.1 Å². The first-order valence-corrected chi connectivity index (χ1v) is 5.52. The Balaban J connectivity index is 1.84. The fraction of sp³-hybridized carbons (Fsp3) is 0.636. The number of hydrogen-bond donors (Lipinski definition) is 1. The average molecular weight is 224 g/mol. The van der Waals surface area contributed by atoms with Crippen LogP contribution in [-0.4, -0.2) is 34.7 Å². The number of aromatic carboxylic acids is 1. The van der Waals surface area contributed by atoms with Gasteiger partial charge in [-0.3, -0.25) is 4.90 Å². The van der Waals surface area contributed by atoms with E-state index in [0.29, 0.717) is 12.3 Å². The number of aromatic nitrogens is 1. The van der Waals surface area contributed by atoms with Crippen molar-refractivity contribution in [3.63, 3.8) is 0 Å². The molecule has 1 aliphatic carbocycles. The summed E-state index contributed by atoms with van der Waals surface area (Å²) in [7, 11) is 2.02. The normalized spacial score (nSPS) is 16.4. The van der Waals surface area contributed by atoms with Crippen molar-refractivity contribution in [3.05, 3.63) is 17.5 Å². The number of carbonyl (C=O) groups is 1. The third-order valence-electron chi connectivity index (χ3n) is 3.00. The molecule has 1 aromatic rings. The minimum atomic E-state index is -1.04. The van der Waals surface area contributed by atoms with E-state index in [1.54, 1.807) is 0 Å². The zero-order valence-electron chi connectivity index (χ0n) is 9.35.